The summed E-state index contributed by atoms with van der Waals surface area (Å²) in [5, 5.41) is 3.42. The van der Waals surface area contributed by atoms with Gasteiger partial charge in [-0.25, -0.2) is 4.98 Å². The fourth-order valence-corrected chi connectivity index (χ4v) is 3.58. The van der Waals surface area contributed by atoms with Gasteiger partial charge in [-0.1, -0.05) is 6.42 Å². The molecule has 0 bridgehead atoms. The highest BCUT2D eigenvalue weighted by Gasteiger charge is 2.19. The molecule has 2 aromatic rings. The summed E-state index contributed by atoms with van der Waals surface area (Å²) in [5.41, 5.74) is 0. The molecule has 1 atom stereocenters. The topological polar surface area (TPSA) is 58.4 Å². The zero-order chi connectivity index (χ0) is 15.5. The van der Waals surface area contributed by atoms with Crippen molar-refractivity contribution in [1.82, 2.24) is 9.88 Å². The summed E-state index contributed by atoms with van der Waals surface area (Å²) in [6.07, 6.45) is 5.71. The quantitative estimate of drug-likeness (QED) is 0.934. The van der Waals surface area contributed by atoms with Crippen LogP contribution in [0, 0.1) is 6.92 Å². The SMILES string of the molecule is Cc1ccc(C(=O)Nc2ncc(CN3CCCCC3C)s2)o1. The van der Waals surface area contributed by atoms with Crippen LogP contribution in [-0.4, -0.2) is 28.4 Å². The summed E-state index contributed by atoms with van der Waals surface area (Å²) in [6, 6.07) is 4.08. The monoisotopic (exact) mass is 319 g/mol. The van der Waals surface area contributed by atoms with Gasteiger partial charge in [0.2, 0.25) is 0 Å². The van der Waals surface area contributed by atoms with E-state index in [-0.39, 0.29) is 5.91 Å². The number of aryl methyl sites for hydroxylation is 1. The Balaban J connectivity index is 1.60. The third kappa shape index (κ3) is 3.56. The van der Waals surface area contributed by atoms with Gasteiger partial charge < -0.3 is 4.42 Å². The summed E-state index contributed by atoms with van der Waals surface area (Å²) in [7, 11) is 0. The third-order valence-corrected chi connectivity index (χ3v) is 4.94. The Kier molecular flexibility index (Phi) is 4.59. The lowest BCUT2D eigenvalue weighted by molar-refractivity contribution is 0.0995. The molecule has 1 saturated heterocycles. The zero-order valence-corrected chi connectivity index (χ0v) is 13.8. The lowest BCUT2D eigenvalue weighted by Crippen LogP contribution is -2.36. The van der Waals surface area contributed by atoms with Crippen LogP contribution >= 0.6 is 11.3 Å². The van der Waals surface area contributed by atoms with Gasteiger partial charge in [0.1, 0.15) is 5.76 Å². The van der Waals surface area contributed by atoms with E-state index in [9.17, 15) is 4.79 Å². The molecule has 0 saturated carbocycles. The summed E-state index contributed by atoms with van der Waals surface area (Å²) >= 11 is 1.53. The Morgan fingerprint density at radius 2 is 2.36 bits per heavy atom. The maximum absolute atomic E-state index is 12.0. The maximum Gasteiger partial charge on any atom is 0.293 e. The highest BCUT2D eigenvalue weighted by atomic mass is 32.1. The number of carbonyl (C=O) groups excluding carboxylic acids is 1. The number of hydrogen-bond acceptors (Lipinski definition) is 5. The van der Waals surface area contributed by atoms with Crippen molar-refractivity contribution in [1.29, 1.82) is 0 Å². The van der Waals surface area contributed by atoms with Crippen LogP contribution in [0.15, 0.2) is 22.7 Å². The number of amides is 1. The number of carbonyl (C=O) groups is 1. The van der Waals surface area contributed by atoms with Gasteiger partial charge in [-0.3, -0.25) is 15.0 Å². The Morgan fingerprint density at radius 1 is 1.50 bits per heavy atom. The first-order valence-electron chi connectivity index (χ1n) is 7.68. The van der Waals surface area contributed by atoms with E-state index in [1.54, 1.807) is 12.1 Å². The molecule has 22 heavy (non-hydrogen) atoms. The molecule has 5 nitrogen and oxygen atoms in total. The third-order valence-electron chi connectivity index (χ3n) is 4.04. The highest BCUT2D eigenvalue weighted by Crippen LogP contribution is 2.24. The molecular weight excluding hydrogens is 298 g/mol. The van der Waals surface area contributed by atoms with E-state index in [1.807, 2.05) is 13.1 Å². The molecule has 0 aromatic carbocycles. The Bertz CT molecular complexity index is 649. The molecule has 0 spiro atoms. The molecule has 1 unspecified atom stereocenters. The standard InChI is InChI=1S/C16H21N3O2S/c1-11-5-3-4-8-19(11)10-13-9-17-16(22-13)18-15(20)14-7-6-12(2)21-14/h6-7,9,11H,3-5,8,10H2,1-2H3,(H,17,18,20). The number of likely N-dealkylation sites (tertiary alicyclic amines) is 1. The number of furan rings is 1. The minimum Gasteiger partial charge on any atom is -0.456 e. The molecule has 1 fully saturated rings. The number of nitrogens with one attached hydrogen (secondary N) is 1. The summed E-state index contributed by atoms with van der Waals surface area (Å²) in [6.45, 7) is 6.15. The summed E-state index contributed by atoms with van der Waals surface area (Å²) in [5.74, 6) is 0.795. The van der Waals surface area contributed by atoms with Gasteiger partial charge in [0.05, 0.1) is 0 Å². The smallest absolute Gasteiger partial charge is 0.293 e. The van der Waals surface area contributed by atoms with Crippen molar-refractivity contribution >= 4 is 22.4 Å². The van der Waals surface area contributed by atoms with Crippen LogP contribution in [-0.2, 0) is 6.54 Å². The van der Waals surface area contributed by atoms with Crippen molar-refractivity contribution in [3.8, 4) is 0 Å². The second-order valence-electron chi connectivity index (χ2n) is 5.81. The average molecular weight is 319 g/mol. The second-order valence-corrected chi connectivity index (χ2v) is 6.93. The van der Waals surface area contributed by atoms with Gasteiger partial charge in [-0.05, 0) is 45.4 Å². The Morgan fingerprint density at radius 3 is 3.09 bits per heavy atom. The minimum absolute atomic E-state index is 0.250. The van der Waals surface area contributed by atoms with Crippen molar-refractivity contribution in [2.75, 3.05) is 11.9 Å². The molecule has 2 aromatic heterocycles. The fourth-order valence-electron chi connectivity index (χ4n) is 2.75. The zero-order valence-electron chi connectivity index (χ0n) is 13.0. The van der Waals surface area contributed by atoms with E-state index in [4.69, 9.17) is 4.42 Å². The maximum atomic E-state index is 12.0. The van der Waals surface area contributed by atoms with Crippen LogP contribution in [0.25, 0.3) is 0 Å². The van der Waals surface area contributed by atoms with E-state index in [0.29, 0.717) is 16.9 Å². The molecule has 1 aliphatic rings. The van der Waals surface area contributed by atoms with Gasteiger partial charge in [0, 0.05) is 23.7 Å². The summed E-state index contributed by atoms with van der Waals surface area (Å²) in [4.78, 5) is 20.0. The van der Waals surface area contributed by atoms with Crippen molar-refractivity contribution in [3.05, 3.63) is 34.7 Å². The van der Waals surface area contributed by atoms with Crippen molar-refractivity contribution in [2.24, 2.45) is 0 Å². The average Bonchev–Trinajstić information content (AvgIpc) is 3.11. The molecule has 6 heteroatoms. The molecule has 1 aliphatic heterocycles. The number of rotatable bonds is 4. The van der Waals surface area contributed by atoms with E-state index in [2.05, 4.69) is 22.1 Å². The molecule has 118 valence electrons. The predicted molar refractivity (Wildman–Crippen MR) is 87.2 cm³/mol. The van der Waals surface area contributed by atoms with E-state index >= 15 is 0 Å². The lowest BCUT2D eigenvalue weighted by atomic mass is 10.0. The second kappa shape index (κ2) is 6.62. The number of nitrogens with zero attached hydrogens (tertiary/aromatic N) is 2. The van der Waals surface area contributed by atoms with Gasteiger partial charge in [-0.2, -0.15) is 0 Å². The van der Waals surface area contributed by atoms with Crippen LogP contribution in [0.3, 0.4) is 0 Å². The van der Waals surface area contributed by atoms with Gasteiger partial charge in [0.15, 0.2) is 10.9 Å². The number of piperidine rings is 1. The molecular formula is C16H21N3O2S. The van der Waals surface area contributed by atoms with Gasteiger partial charge >= 0.3 is 0 Å². The predicted octanol–water partition coefficient (Wildman–Crippen LogP) is 3.67. The van der Waals surface area contributed by atoms with Gasteiger partial charge in [-0.15, -0.1) is 11.3 Å². The molecule has 0 aliphatic carbocycles. The molecule has 3 rings (SSSR count). The summed E-state index contributed by atoms with van der Waals surface area (Å²) < 4.78 is 5.32. The first-order valence-corrected chi connectivity index (χ1v) is 8.50. The Labute approximate surface area is 134 Å². The number of thiazole rings is 1. The minimum atomic E-state index is -0.250. The highest BCUT2D eigenvalue weighted by molar-refractivity contribution is 7.15. The molecule has 1 N–H and O–H groups in total. The Hall–Kier alpha value is -1.66. The fraction of sp³-hybridized carbons (Fsp3) is 0.500. The van der Waals surface area contributed by atoms with Crippen molar-refractivity contribution in [3.63, 3.8) is 0 Å². The van der Waals surface area contributed by atoms with Crippen LogP contribution in [0.2, 0.25) is 0 Å². The number of anilines is 1. The van der Waals surface area contributed by atoms with Crippen molar-refractivity contribution < 1.29 is 9.21 Å². The van der Waals surface area contributed by atoms with Crippen LogP contribution in [0.5, 0.6) is 0 Å². The van der Waals surface area contributed by atoms with Crippen LogP contribution < -0.4 is 5.32 Å². The lowest BCUT2D eigenvalue weighted by Gasteiger charge is -2.32. The van der Waals surface area contributed by atoms with Gasteiger partial charge in [0.25, 0.3) is 5.91 Å². The first-order chi connectivity index (χ1) is 10.6. The van der Waals surface area contributed by atoms with E-state index < -0.39 is 0 Å². The number of hydrogen-bond donors (Lipinski definition) is 1. The van der Waals surface area contributed by atoms with Crippen LogP contribution in [0.4, 0.5) is 5.13 Å². The van der Waals surface area contributed by atoms with Crippen LogP contribution in [0.1, 0.15) is 47.4 Å². The molecule has 1 amide bonds. The van der Waals surface area contributed by atoms with Crippen molar-refractivity contribution in [2.45, 2.75) is 45.7 Å². The number of aromatic nitrogens is 1. The normalized spacial score (nSPS) is 19.3. The largest absolute Gasteiger partial charge is 0.456 e. The van der Waals surface area contributed by atoms with E-state index in [0.717, 1.165) is 18.8 Å². The first kappa shape index (κ1) is 15.2. The molecule has 0 radical (unpaired) electrons. The molecule has 3 heterocycles. The van der Waals surface area contributed by atoms with E-state index in [1.165, 1.54) is 35.5 Å².